The molecule has 0 bridgehead atoms. The fourth-order valence-electron chi connectivity index (χ4n) is 2.51. The standard InChI is InChI=1S/C12H17N5O4/c13-11-10-12(15-5-16(11)1-2-18)17(6-14-10)9-3-7(20)8(4-19)21-9/h5-9,13,18-20H,1-4H2. The van der Waals surface area contributed by atoms with E-state index in [0.29, 0.717) is 17.6 Å². The number of ether oxygens (including phenoxy) is 1. The molecular formula is C12H17N5O4. The molecule has 0 spiro atoms. The van der Waals surface area contributed by atoms with Crippen molar-refractivity contribution in [1.29, 1.82) is 5.41 Å². The molecule has 2 aromatic rings. The monoisotopic (exact) mass is 295 g/mol. The first kappa shape index (κ1) is 14.1. The van der Waals surface area contributed by atoms with Gasteiger partial charge in [0.15, 0.2) is 11.1 Å². The van der Waals surface area contributed by atoms with E-state index in [0.717, 1.165) is 0 Å². The van der Waals surface area contributed by atoms with Crippen LogP contribution in [0.3, 0.4) is 0 Å². The van der Waals surface area contributed by atoms with Crippen LogP contribution in [0.25, 0.3) is 11.2 Å². The van der Waals surface area contributed by atoms with Gasteiger partial charge in [0, 0.05) is 13.0 Å². The number of hydrogen-bond acceptors (Lipinski definition) is 7. The van der Waals surface area contributed by atoms with Crippen molar-refractivity contribution >= 4 is 11.2 Å². The fourth-order valence-corrected chi connectivity index (χ4v) is 2.51. The van der Waals surface area contributed by atoms with E-state index in [-0.39, 0.29) is 25.2 Å². The van der Waals surface area contributed by atoms with E-state index in [1.54, 1.807) is 4.57 Å². The highest BCUT2D eigenvalue weighted by Gasteiger charge is 2.35. The molecule has 3 unspecified atom stereocenters. The summed E-state index contributed by atoms with van der Waals surface area (Å²) in [6.07, 6.45) is 1.48. The lowest BCUT2D eigenvalue weighted by atomic mass is 10.2. The van der Waals surface area contributed by atoms with Gasteiger partial charge in [-0.25, -0.2) is 9.97 Å². The van der Waals surface area contributed by atoms with E-state index >= 15 is 0 Å². The van der Waals surface area contributed by atoms with Gasteiger partial charge in [-0.15, -0.1) is 0 Å². The maximum atomic E-state index is 9.79. The second kappa shape index (κ2) is 5.53. The summed E-state index contributed by atoms with van der Waals surface area (Å²) in [5, 5.41) is 35.9. The van der Waals surface area contributed by atoms with E-state index in [2.05, 4.69) is 9.97 Å². The van der Waals surface area contributed by atoms with Crippen LogP contribution in [0.1, 0.15) is 12.6 Å². The van der Waals surface area contributed by atoms with Crippen LogP contribution in [-0.4, -0.2) is 59.8 Å². The molecule has 1 saturated heterocycles. The van der Waals surface area contributed by atoms with Crippen LogP contribution in [0, 0.1) is 5.41 Å². The number of aromatic nitrogens is 4. The summed E-state index contributed by atoms with van der Waals surface area (Å²) in [4.78, 5) is 8.42. The van der Waals surface area contributed by atoms with Gasteiger partial charge in [-0.3, -0.25) is 9.98 Å². The third-order valence-corrected chi connectivity index (χ3v) is 3.63. The summed E-state index contributed by atoms with van der Waals surface area (Å²) in [6.45, 7) is -0.0572. The van der Waals surface area contributed by atoms with E-state index in [9.17, 15) is 5.11 Å². The number of imidazole rings is 1. The molecule has 3 rings (SSSR count). The topological polar surface area (TPSA) is 129 Å². The Labute approximate surface area is 119 Å². The summed E-state index contributed by atoms with van der Waals surface area (Å²) in [6, 6.07) is 0. The van der Waals surface area contributed by atoms with Crippen molar-refractivity contribution in [2.24, 2.45) is 0 Å². The van der Waals surface area contributed by atoms with Crippen LogP contribution in [0.4, 0.5) is 0 Å². The van der Waals surface area contributed by atoms with Gasteiger partial charge < -0.3 is 24.6 Å². The average Bonchev–Trinajstić information content (AvgIpc) is 3.05. The number of rotatable bonds is 4. The van der Waals surface area contributed by atoms with Gasteiger partial charge in [0.1, 0.15) is 17.8 Å². The largest absolute Gasteiger partial charge is 0.395 e. The summed E-state index contributed by atoms with van der Waals surface area (Å²) in [5.41, 5.74) is 1.03. The number of aliphatic hydroxyl groups is 3. The summed E-state index contributed by atoms with van der Waals surface area (Å²) in [5.74, 6) is 0. The molecule has 3 atom stereocenters. The lowest BCUT2D eigenvalue weighted by Gasteiger charge is -2.13. The zero-order valence-corrected chi connectivity index (χ0v) is 11.3. The van der Waals surface area contributed by atoms with Crippen molar-refractivity contribution in [2.45, 2.75) is 31.4 Å². The van der Waals surface area contributed by atoms with Crippen LogP contribution in [0.2, 0.25) is 0 Å². The van der Waals surface area contributed by atoms with Crippen molar-refractivity contribution in [3.05, 3.63) is 18.1 Å². The third kappa shape index (κ3) is 2.33. The summed E-state index contributed by atoms with van der Waals surface area (Å²) < 4.78 is 8.72. The Kier molecular flexibility index (Phi) is 3.72. The average molecular weight is 295 g/mol. The zero-order valence-electron chi connectivity index (χ0n) is 11.3. The minimum Gasteiger partial charge on any atom is -0.395 e. The Morgan fingerprint density at radius 2 is 2.14 bits per heavy atom. The molecule has 21 heavy (non-hydrogen) atoms. The lowest BCUT2D eigenvalue weighted by molar-refractivity contribution is -0.0432. The second-order valence-electron chi connectivity index (χ2n) is 4.95. The smallest absolute Gasteiger partial charge is 0.167 e. The summed E-state index contributed by atoms with van der Waals surface area (Å²) >= 11 is 0. The molecule has 1 aliphatic heterocycles. The minimum absolute atomic E-state index is 0.0828. The molecule has 114 valence electrons. The maximum Gasteiger partial charge on any atom is 0.167 e. The lowest BCUT2D eigenvalue weighted by Crippen LogP contribution is -2.24. The first-order chi connectivity index (χ1) is 10.2. The number of aliphatic hydroxyl groups excluding tert-OH is 3. The number of hydrogen-bond donors (Lipinski definition) is 4. The van der Waals surface area contributed by atoms with E-state index < -0.39 is 18.4 Å². The zero-order chi connectivity index (χ0) is 15.0. The van der Waals surface area contributed by atoms with Crippen LogP contribution >= 0.6 is 0 Å². The van der Waals surface area contributed by atoms with Crippen LogP contribution in [0.5, 0.6) is 0 Å². The molecule has 1 aliphatic rings. The molecule has 1 fully saturated rings. The molecule has 9 nitrogen and oxygen atoms in total. The minimum atomic E-state index is -0.740. The maximum absolute atomic E-state index is 9.79. The quantitative estimate of drug-likeness (QED) is 0.534. The van der Waals surface area contributed by atoms with Gasteiger partial charge in [-0.1, -0.05) is 0 Å². The molecule has 0 saturated carbocycles. The first-order valence-corrected chi connectivity index (χ1v) is 6.67. The Balaban J connectivity index is 1.98. The Morgan fingerprint density at radius 3 is 2.81 bits per heavy atom. The van der Waals surface area contributed by atoms with Crippen molar-refractivity contribution in [2.75, 3.05) is 13.2 Å². The third-order valence-electron chi connectivity index (χ3n) is 3.63. The van der Waals surface area contributed by atoms with Gasteiger partial charge in [0.25, 0.3) is 0 Å². The highest BCUT2D eigenvalue weighted by atomic mass is 16.5. The number of nitrogens with zero attached hydrogens (tertiary/aromatic N) is 4. The fraction of sp³-hybridized carbons (Fsp3) is 0.583. The Hall–Kier alpha value is -1.81. The van der Waals surface area contributed by atoms with E-state index in [1.807, 2.05) is 0 Å². The Morgan fingerprint density at radius 1 is 1.33 bits per heavy atom. The van der Waals surface area contributed by atoms with Gasteiger partial charge >= 0.3 is 0 Å². The SMILES string of the molecule is N=c1c2ncn(C3CC(O)C(CO)O3)c2ncn1CCO. The highest BCUT2D eigenvalue weighted by molar-refractivity contribution is 5.68. The molecular weight excluding hydrogens is 278 g/mol. The molecule has 2 aromatic heterocycles. The molecule has 4 N–H and O–H groups in total. The molecule has 0 amide bonds. The van der Waals surface area contributed by atoms with Gasteiger partial charge in [-0.2, -0.15) is 0 Å². The van der Waals surface area contributed by atoms with Gasteiger partial charge in [0.2, 0.25) is 0 Å². The number of fused-ring (bicyclic) bond motifs is 1. The molecule has 3 heterocycles. The predicted octanol–water partition coefficient (Wildman–Crippen LogP) is -1.65. The van der Waals surface area contributed by atoms with Gasteiger partial charge in [-0.05, 0) is 0 Å². The van der Waals surface area contributed by atoms with E-state index in [1.165, 1.54) is 17.2 Å². The summed E-state index contributed by atoms with van der Waals surface area (Å²) in [7, 11) is 0. The van der Waals surface area contributed by atoms with Crippen molar-refractivity contribution in [3.8, 4) is 0 Å². The van der Waals surface area contributed by atoms with Gasteiger partial charge in [0.05, 0.1) is 32.0 Å². The van der Waals surface area contributed by atoms with Crippen LogP contribution in [-0.2, 0) is 11.3 Å². The Bertz CT molecular complexity index is 697. The van der Waals surface area contributed by atoms with Crippen molar-refractivity contribution in [1.82, 2.24) is 19.1 Å². The van der Waals surface area contributed by atoms with Crippen LogP contribution in [0.15, 0.2) is 12.7 Å². The molecule has 0 aliphatic carbocycles. The van der Waals surface area contributed by atoms with E-state index in [4.69, 9.17) is 20.4 Å². The van der Waals surface area contributed by atoms with Crippen molar-refractivity contribution < 1.29 is 20.1 Å². The number of nitrogens with one attached hydrogen (secondary N) is 1. The second-order valence-corrected chi connectivity index (χ2v) is 4.95. The molecule has 0 radical (unpaired) electrons. The van der Waals surface area contributed by atoms with Crippen LogP contribution < -0.4 is 5.49 Å². The first-order valence-electron chi connectivity index (χ1n) is 6.67. The molecule has 9 heteroatoms. The highest BCUT2D eigenvalue weighted by Crippen LogP contribution is 2.29. The molecule has 0 aromatic carbocycles. The normalized spacial score (nSPS) is 25.8. The predicted molar refractivity (Wildman–Crippen MR) is 70.1 cm³/mol. The van der Waals surface area contributed by atoms with Crippen molar-refractivity contribution in [3.63, 3.8) is 0 Å².